The molecular weight excluding hydrogens is 256 g/mol. The molecule has 0 amide bonds. The number of phenols is 1. The summed E-state index contributed by atoms with van der Waals surface area (Å²) >= 11 is 0. The van der Waals surface area contributed by atoms with Crippen LogP contribution < -0.4 is 9.86 Å². The number of rotatable bonds is 3. The van der Waals surface area contributed by atoms with E-state index in [1.807, 2.05) is 4.72 Å². The average molecular weight is 266 g/mol. The molecule has 0 bridgehead atoms. The van der Waals surface area contributed by atoms with Crippen LogP contribution in [0.15, 0.2) is 23.1 Å². The number of aromatic hydroxyl groups is 1. The molecular formula is C7H10N2O5S2. The van der Waals surface area contributed by atoms with Crippen LogP contribution in [0, 0.1) is 0 Å². The van der Waals surface area contributed by atoms with Crippen molar-refractivity contribution in [3.05, 3.63) is 18.2 Å². The Kier molecular flexibility index (Phi) is 3.13. The minimum absolute atomic E-state index is 0.287. The van der Waals surface area contributed by atoms with Gasteiger partial charge in [0.1, 0.15) is 10.6 Å². The number of phenolic OH excluding ortho intramolecular Hbond substituents is 1. The molecule has 0 aromatic heterocycles. The second-order valence-corrected chi connectivity index (χ2v) is 6.32. The van der Waals surface area contributed by atoms with E-state index in [1.165, 1.54) is 12.1 Å². The van der Waals surface area contributed by atoms with Crippen LogP contribution in [0.25, 0.3) is 0 Å². The quantitative estimate of drug-likeness (QED) is 0.674. The van der Waals surface area contributed by atoms with E-state index in [-0.39, 0.29) is 5.69 Å². The van der Waals surface area contributed by atoms with Crippen LogP contribution in [0.3, 0.4) is 0 Å². The number of primary sulfonamides is 1. The summed E-state index contributed by atoms with van der Waals surface area (Å²) in [5.41, 5.74) is -0.287. The van der Waals surface area contributed by atoms with Gasteiger partial charge in [0.2, 0.25) is 20.0 Å². The second-order valence-electron chi connectivity index (χ2n) is 3.07. The molecule has 0 fully saturated rings. The lowest BCUT2D eigenvalue weighted by atomic mass is 10.3. The summed E-state index contributed by atoms with van der Waals surface area (Å²) < 4.78 is 46.2. The molecule has 1 aromatic rings. The van der Waals surface area contributed by atoms with E-state index in [0.29, 0.717) is 0 Å². The van der Waals surface area contributed by atoms with Gasteiger partial charge in [0.15, 0.2) is 0 Å². The maximum atomic E-state index is 11.1. The van der Waals surface area contributed by atoms with Gasteiger partial charge < -0.3 is 5.11 Å². The van der Waals surface area contributed by atoms with Crippen molar-refractivity contribution in [2.45, 2.75) is 4.90 Å². The molecule has 7 nitrogen and oxygen atoms in total. The Morgan fingerprint density at radius 1 is 1.25 bits per heavy atom. The fourth-order valence-corrected chi connectivity index (χ4v) is 2.52. The monoisotopic (exact) mass is 266 g/mol. The van der Waals surface area contributed by atoms with Gasteiger partial charge in [-0.2, -0.15) is 0 Å². The van der Waals surface area contributed by atoms with Crippen LogP contribution in [0.2, 0.25) is 0 Å². The first-order valence-electron chi connectivity index (χ1n) is 3.94. The van der Waals surface area contributed by atoms with Gasteiger partial charge in [-0.3, -0.25) is 4.72 Å². The normalized spacial score (nSPS) is 12.4. The molecule has 0 unspecified atom stereocenters. The zero-order valence-corrected chi connectivity index (χ0v) is 9.84. The van der Waals surface area contributed by atoms with Crippen molar-refractivity contribution in [2.24, 2.45) is 5.14 Å². The molecule has 0 heterocycles. The smallest absolute Gasteiger partial charge is 0.243 e. The lowest BCUT2D eigenvalue weighted by Gasteiger charge is -2.09. The summed E-state index contributed by atoms with van der Waals surface area (Å²) in [6.45, 7) is 0. The summed E-state index contributed by atoms with van der Waals surface area (Å²) in [7, 11) is -7.87. The van der Waals surface area contributed by atoms with Crippen LogP contribution in [0.4, 0.5) is 5.69 Å². The van der Waals surface area contributed by atoms with Gasteiger partial charge in [0.25, 0.3) is 0 Å². The SMILES string of the molecule is CS(=O)(=O)Nc1cccc(O)c1S(N)(=O)=O. The third-order valence-electron chi connectivity index (χ3n) is 1.57. The molecule has 1 aromatic carbocycles. The Morgan fingerprint density at radius 3 is 2.25 bits per heavy atom. The van der Waals surface area contributed by atoms with Gasteiger partial charge in [-0.1, -0.05) is 6.07 Å². The first kappa shape index (κ1) is 12.7. The largest absolute Gasteiger partial charge is 0.506 e. The fraction of sp³-hybridized carbons (Fsp3) is 0.143. The number of anilines is 1. The van der Waals surface area contributed by atoms with E-state index < -0.39 is 30.7 Å². The van der Waals surface area contributed by atoms with Crippen molar-refractivity contribution < 1.29 is 21.9 Å². The van der Waals surface area contributed by atoms with Gasteiger partial charge in [-0.05, 0) is 12.1 Å². The van der Waals surface area contributed by atoms with Crippen molar-refractivity contribution in [3.63, 3.8) is 0 Å². The second kappa shape index (κ2) is 3.92. The molecule has 9 heteroatoms. The van der Waals surface area contributed by atoms with Gasteiger partial charge in [0, 0.05) is 0 Å². The number of nitrogens with two attached hydrogens (primary N) is 1. The van der Waals surface area contributed by atoms with E-state index in [0.717, 1.165) is 12.3 Å². The Bertz CT molecular complexity index is 606. The van der Waals surface area contributed by atoms with Crippen LogP contribution in [-0.4, -0.2) is 28.2 Å². The van der Waals surface area contributed by atoms with E-state index in [1.54, 1.807) is 0 Å². The van der Waals surface area contributed by atoms with Crippen LogP contribution in [0.5, 0.6) is 5.75 Å². The Labute approximate surface area is 93.0 Å². The minimum Gasteiger partial charge on any atom is -0.506 e. The summed E-state index contributed by atoms with van der Waals surface area (Å²) in [5, 5.41) is 14.2. The number of sulfonamides is 2. The van der Waals surface area contributed by atoms with Gasteiger partial charge >= 0.3 is 0 Å². The van der Waals surface area contributed by atoms with E-state index in [9.17, 15) is 21.9 Å². The predicted molar refractivity (Wildman–Crippen MR) is 57.9 cm³/mol. The predicted octanol–water partition coefficient (Wildman–Crippen LogP) is -0.589. The van der Waals surface area contributed by atoms with Crippen molar-refractivity contribution in [3.8, 4) is 5.75 Å². The third-order valence-corrected chi connectivity index (χ3v) is 3.16. The first-order valence-corrected chi connectivity index (χ1v) is 7.37. The standard InChI is InChI=1S/C7H10N2O5S2/c1-15(11,12)9-5-3-2-4-6(10)7(5)16(8,13)14/h2-4,9-10H,1H3,(H2,8,13,14). The van der Waals surface area contributed by atoms with E-state index in [4.69, 9.17) is 5.14 Å². The van der Waals surface area contributed by atoms with Gasteiger partial charge in [-0.25, -0.2) is 22.0 Å². The molecule has 90 valence electrons. The minimum atomic E-state index is -4.21. The molecule has 4 N–H and O–H groups in total. The molecule has 0 aliphatic heterocycles. The van der Waals surface area contributed by atoms with Crippen molar-refractivity contribution in [1.29, 1.82) is 0 Å². The zero-order chi connectivity index (χ0) is 12.6. The Hall–Kier alpha value is -1.32. The Balaban J connectivity index is 3.48. The van der Waals surface area contributed by atoms with Gasteiger partial charge in [0.05, 0.1) is 11.9 Å². The highest BCUT2D eigenvalue weighted by Gasteiger charge is 2.20. The fourth-order valence-electron chi connectivity index (χ4n) is 1.10. The molecule has 0 aliphatic rings. The average Bonchev–Trinajstić information content (AvgIpc) is 1.97. The topological polar surface area (TPSA) is 127 Å². The van der Waals surface area contributed by atoms with E-state index >= 15 is 0 Å². The molecule has 0 radical (unpaired) electrons. The first-order chi connectivity index (χ1) is 7.11. The van der Waals surface area contributed by atoms with E-state index in [2.05, 4.69) is 0 Å². The highest BCUT2D eigenvalue weighted by atomic mass is 32.2. The number of nitrogens with one attached hydrogen (secondary N) is 1. The molecule has 1 rings (SSSR count). The number of hydrogen-bond acceptors (Lipinski definition) is 5. The van der Waals surface area contributed by atoms with Crippen LogP contribution >= 0.6 is 0 Å². The van der Waals surface area contributed by atoms with Crippen molar-refractivity contribution in [1.82, 2.24) is 0 Å². The summed E-state index contributed by atoms with van der Waals surface area (Å²) in [6.07, 6.45) is 0.851. The summed E-state index contributed by atoms with van der Waals surface area (Å²) in [5.74, 6) is -0.615. The lowest BCUT2D eigenvalue weighted by Crippen LogP contribution is -2.17. The number of benzene rings is 1. The van der Waals surface area contributed by atoms with Crippen LogP contribution in [0.1, 0.15) is 0 Å². The Morgan fingerprint density at radius 2 is 1.81 bits per heavy atom. The van der Waals surface area contributed by atoms with Crippen LogP contribution in [-0.2, 0) is 20.0 Å². The molecule has 16 heavy (non-hydrogen) atoms. The van der Waals surface area contributed by atoms with Crippen molar-refractivity contribution >= 4 is 25.7 Å². The lowest BCUT2D eigenvalue weighted by molar-refractivity contribution is 0.459. The molecule has 0 saturated carbocycles. The number of hydrogen-bond donors (Lipinski definition) is 3. The molecule has 0 spiro atoms. The zero-order valence-electron chi connectivity index (χ0n) is 8.21. The van der Waals surface area contributed by atoms with Crippen molar-refractivity contribution in [2.75, 3.05) is 11.0 Å². The summed E-state index contributed by atoms with van der Waals surface area (Å²) in [6, 6.07) is 3.56. The maximum absolute atomic E-state index is 11.1. The summed E-state index contributed by atoms with van der Waals surface area (Å²) in [4.78, 5) is -0.652. The van der Waals surface area contributed by atoms with Gasteiger partial charge in [-0.15, -0.1) is 0 Å². The molecule has 0 atom stereocenters. The third kappa shape index (κ3) is 3.08. The molecule has 0 aliphatic carbocycles. The highest BCUT2D eigenvalue weighted by Crippen LogP contribution is 2.29. The highest BCUT2D eigenvalue weighted by molar-refractivity contribution is 7.92. The maximum Gasteiger partial charge on any atom is 0.243 e. The molecule has 0 saturated heterocycles.